The van der Waals surface area contributed by atoms with Crippen LogP contribution in [0.5, 0.6) is 0 Å². The Kier molecular flexibility index (Phi) is 3.61. The van der Waals surface area contributed by atoms with Crippen LogP contribution in [0.1, 0.15) is 60.3 Å². The molecule has 7 nitrogen and oxygen atoms in total. The molecule has 1 saturated heterocycles. The Labute approximate surface area is 132 Å². The monoisotopic (exact) mass is 318 g/mol. The Hall–Kier alpha value is -1.83. The van der Waals surface area contributed by atoms with E-state index >= 15 is 0 Å². The Morgan fingerprint density at radius 3 is 3.00 bits per heavy atom. The first-order chi connectivity index (χ1) is 10.8. The minimum atomic E-state index is -0.0396. The van der Waals surface area contributed by atoms with Crippen LogP contribution in [0.15, 0.2) is 6.20 Å². The molecule has 0 N–H and O–H groups in total. The van der Waals surface area contributed by atoms with E-state index < -0.39 is 0 Å². The van der Waals surface area contributed by atoms with Crippen LogP contribution in [-0.2, 0) is 13.0 Å². The first-order valence-electron chi connectivity index (χ1n) is 7.85. The summed E-state index contributed by atoms with van der Waals surface area (Å²) < 4.78 is 10.2. The summed E-state index contributed by atoms with van der Waals surface area (Å²) in [6.07, 6.45) is 8.05. The van der Waals surface area contributed by atoms with Gasteiger partial charge in [-0.3, -0.25) is 4.79 Å². The lowest BCUT2D eigenvalue weighted by Crippen LogP contribution is -2.32. The predicted octanol–water partition coefficient (Wildman–Crippen LogP) is 1.83. The highest BCUT2D eigenvalue weighted by Gasteiger charge is 2.35. The van der Waals surface area contributed by atoms with E-state index in [-0.39, 0.29) is 11.9 Å². The molecule has 2 aliphatic heterocycles. The van der Waals surface area contributed by atoms with Gasteiger partial charge in [0.1, 0.15) is 5.82 Å². The molecular weight excluding hydrogens is 300 g/mol. The second-order valence-corrected chi connectivity index (χ2v) is 6.44. The Morgan fingerprint density at radius 1 is 1.18 bits per heavy atom. The number of hydrogen-bond donors (Lipinski definition) is 0. The van der Waals surface area contributed by atoms with E-state index in [9.17, 15) is 4.79 Å². The second kappa shape index (κ2) is 5.75. The normalized spacial score (nSPS) is 21.6. The molecule has 2 aliphatic rings. The average Bonchev–Trinajstić information content (AvgIpc) is 3.24. The second-order valence-electron chi connectivity index (χ2n) is 5.89. The van der Waals surface area contributed by atoms with E-state index in [2.05, 4.69) is 23.5 Å². The lowest BCUT2D eigenvalue weighted by atomic mass is 10.2. The van der Waals surface area contributed by atoms with Crippen LogP contribution < -0.4 is 0 Å². The third kappa shape index (κ3) is 2.31. The number of nitrogens with zero attached hydrogens (tertiary/aromatic N) is 6. The van der Waals surface area contributed by atoms with Crippen LogP contribution in [-0.4, -0.2) is 40.9 Å². The van der Waals surface area contributed by atoms with Gasteiger partial charge in [0.2, 0.25) is 0 Å². The van der Waals surface area contributed by atoms with Crippen LogP contribution in [0.4, 0.5) is 0 Å². The highest BCUT2D eigenvalue weighted by atomic mass is 32.1. The molecule has 0 spiro atoms. The van der Waals surface area contributed by atoms with Gasteiger partial charge in [0.25, 0.3) is 5.91 Å². The van der Waals surface area contributed by atoms with Crippen LogP contribution in [0.3, 0.4) is 0 Å². The van der Waals surface area contributed by atoms with Gasteiger partial charge in [0, 0.05) is 19.5 Å². The number of aromatic nitrogens is 5. The molecule has 8 heteroatoms. The summed E-state index contributed by atoms with van der Waals surface area (Å²) in [5.74, 6) is 1.98. The standard InChI is InChI=1S/C14H18N6OS/c21-14(10-9-15-22-18-10)19-8-4-5-11(19)13-17-16-12-6-2-1-3-7-20(12)13/h9,11H,1-8H2/t11-/m1/s1. The molecule has 116 valence electrons. The number of amides is 1. The molecule has 1 atom stereocenters. The Bertz CT molecular complexity index is 667. The fourth-order valence-electron chi connectivity index (χ4n) is 3.44. The zero-order valence-corrected chi connectivity index (χ0v) is 13.1. The number of carbonyl (C=O) groups is 1. The lowest BCUT2D eigenvalue weighted by molar-refractivity contribution is 0.0722. The minimum absolute atomic E-state index is 0.0218. The Balaban J connectivity index is 1.64. The van der Waals surface area contributed by atoms with Crippen LogP contribution in [0, 0.1) is 0 Å². The van der Waals surface area contributed by atoms with Gasteiger partial charge in [0.15, 0.2) is 11.5 Å². The summed E-state index contributed by atoms with van der Waals surface area (Å²) in [7, 11) is 0. The largest absolute Gasteiger partial charge is 0.327 e. The van der Waals surface area contributed by atoms with Crippen LogP contribution in [0.25, 0.3) is 0 Å². The average molecular weight is 318 g/mol. The zero-order valence-electron chi connectivity index (χ0n) is 12.3. The summed E-state index contributed by atoms with van der Waals surface area (Å²) >= 11 is 1.07. The lowest BCUT2D eigenvalue weighted by Gasteiger charge is -2.23. The van der Waals surface area contributed by atoms with Gasteiger partial charge in [-0.05, 0) is 25.7 Å². The van der Waals surface area contributed by atoms with E-state index in [1.54, 1.807) is 6.20 Å². The molecule has 0 bridgehead atoms. The molecule has 0 radical (unpaired) electrons. The number of hydrogen-bond acceptors (Lipinski definition) is 6. The molecule has 1 fully saturated rings. The van der Waals surface area contributed by atoms with E-state index in [4.69, 9.17) is 0 Å². The molecule has 4 rings (SSSR count). The maximum atomic E-state index is 12.6. The summed E-state index contributed by atoms with van der Waals surface area (Å²) in [4.78, 5) is 14.5. The van der Waals surface area contributed by atoms with Crippen LogP contribution >= 0.6 is 11.7 Å². The van der Waals surface area contributed by atoms with Crippen molar-refractivity contribution in [3.05, 3.63) is 23.5 Å². The van der Waals surface area contributed by atoms with E-state index in [0.717, 1.165) is 62.1 Å². The van der Waals surface area contributed by atoms with Crippen molar-refractivity contribution in [1.29, 1.82) is 0 Å². The third-order valence-electron chi connectivity index (χ3n) is 4.53. The number of carbonyl (C=O) groups excluding carboxylic acids is 1. The van der Waals surface area contributed by atoms with Crippen molar-refractivity contribution < 1.29 is 4.79 Å². The third-order valence-corrected chi connectivity index (χ3v) is 5.01. The molecule has 22 heavy (non-hydrogen) atoms. The molecule has 0 aromatic carbocycles. The fraction of sp³-hybridized carbons (Fsp3) is 0.643. The van der Waals surface area contributed by atoms with Gasteiger partial charge in [-0.25, -0.2) is 0 Å². The van der Waals surface area contributed by atoms with Crippen LogP contribution in [0.2, 0.25) is 0 Å². The summed E-state index contributed by atoms with van der Waals surface area (Å²) in [5, 5.41) is 8.79. The Morgan fingerprint density at radius 2 is 2.14 bits per heavy atom. The summed E-state index contributed by atoms with van der Waals surface area (Å²) in [6, 6.07) is 0.0218. The zero-order chi connectivity index (χ0) is 14.9. The highest BCUT2D eigenvalue weighted by molar-refractivity contribution is 6.99. The van der Waals surface area contributed by atoms with Gasteiger partial charge in [0.05, 0.1) is 24.0 Å². The number of rotatable bonds is 2. The molecule has 2 aromatic heterocycles. The maximum Gasteiger partial charge on any atom is 0.275 e. The van der Waals surface area contributed by atoms with Crippen molar-refractivity contribution in [3.8, 4) is 0 Å². The van der Waals surface area contributed by atoms with Gasteiger partial charge >= 0.3 is 0 Å². The number of fused-ring (bicyclic) bond motifs is 1. The minimum Gasteiger partial charge on any atom is -0.327 e. The molecule has 2 aromatic rings. The van der Waals surface area contributed by atoms with Gasteiger partial charge < -0.3 is 9.47 Å². The SMILES string of the molecule is O=C(c1cnsn1)N1CCC[C@@H]1c1nnc2n1CCCCC2. The predicted molar refractivity (Wildman–Crippen MR) is 80.5 cm³/mol. The summed E-state index contributed by atoms with van der Waals surface area (Å²) in [6.45, 7) is 1.72. The van der Waals surface area contributed by atoms with Crippen molar-refractivity contribution in [2.24, 2.45) is 0 Å². The van der Waals surface area contributed by atoms with Crippen molar-refractivity contribution in [2.75, 3.05) is 6.54 Å². The quantitative estimate of drug-likeness (QED) is 0.844. The van der Waals surface area contributed by atoms with Crippen molar-refractivity contribution >= 4 is 17.6 Å². The summed E-state index contributed by atoms with van der Waals surface area (Å²) in [5.41, 5.74) is 0.438. The molecule has 0 aliphatic carbocycles. The molecule has 4 heterocycles. The molecule has 0 saturated carbocycles. The molecular formula is C14H18N6OS. The van der Waals surface area contributed by atoms with E-state index in [1.807, 2.05) is 4.90 Å². The fourth-order valence-corrected chi connectivity index (χ4v) is 3.85. The first kappa shape index (κ1) is 13.8. The highest BCUT2D eigenvalue weighted by Crippen LogP contribution is 2.33. The molecule has 0 unspecified atom stereocenters. The van der Waals surface area contributed by atoms with Crippen molar-refractivity contribution in [1.82, 2.24) is 28.4 Å². The van der Waals surface area contributed by atoms with E-state index in [1.165, 1.54) is 12.8 Å². The van der Waals surface area contributed by atoms with Gasteiger partial charge in [-0.2, -0.15) is 8.75 Å². The van der Waals surface area contributed by atoms with Gasteiger partial charge in [-0.15, -0.1) is 10.2 Å². The maximum absolute atomic E-state index is 12.6. The first-order valence-corrected chi connectivity index (χ1v) is 8.58. The number of likely N-dealkylation sites (tertiary alicyclic amines) is 1. The van der Waals surface area contributed by atoms with E-state index in [0.29, 0.717) is 5.69 Å². The number of aryl methyl sites for hydroxylation is 1. The van der Waals surface area contributed by atoms with Crippen molar-refractivity contribution in [2.45, 2.75) is 51.1 Å². The topological polar surface area (TPSA) is 76.8 Å². The van der Waals surface area contributed by atoms with Crippen molar-refractivity contribution in [3.63, 3.8) is 0 Å². The molecule has 1 amide bonds. The smallest absolute Gasteiger partial charge is 0.275 e. The van der Waals surface area contributed by atoms with Gasteiger partial charge in [-0.1, -0.05) is 6.42 Å².